The van der Waals surface area contributed by atoms with Gasteiger partial charge >= 0.3 is 0 Å². The second-order valence-electron chi connectivity index (χ2n) is 10.7. The van der Waals surface area contributed by atoms with Gasteiger partial charge in [-0.25, -0.2) is 0 Å². The molecule has 1 heterocycles. The lowest BCUT2D eigenvalue weighted by atomic mass is 9.69. The molecule has 4 N–H and O–H groups in total. The van der Waals surface area contributed by atoms with Gasteiger partial charge in [0.1, 0.15) is 11.4 Å². The first-order valence-electron chi connectivity index (χ1n) is 12.0. The minimum Gasteiger partial charge on any atom is -0.550 e. The van der Waals surface area contributed by atoms with Crippen LogP contribution in [0.1, 0.15) is 78.2 Å². The van der Waals surface area contributed by atoms with E-state index in [1.807, 2.05) is 12.1 Å². The van der Waals surface area contributed by atoms with Crippen molar-refractivity contribution in [1.29, 1.82) is 0 Å². The van der Waals surface area contributed by atoms with Crippen LogP contribution in [0, 0.1) is 5.41 Å². The molecule has 0 bridgehead atoms. The zero-order valence-electron chi connectivity index (χ0n) is 21.7. The van der Waals surface area contributed by atoms with Crippen LogP contribution in [0.25, 0.3) is 0 Å². The van der Waals surface area contributed by atoms with Crippen LogP contribution in [0.15, 0.2) is 24.3 Å². The minimum absolute atomic E-state index is 0. The average molecular weight is 511 g/mol. The smallest absolute Gasteiger partial charge is 0.115 e. The number of carbonyl (C=O) groups is 3. The topological polar surface area (TPSA) is 196 Å². The summed E-state index contributed by atoms with van der Waals surface area (Å²) in [5.74, 6) is -5.59. The van der Waals surface area contributed by atoms with Crippen molar-refractivity contribution >= 4 is 17.9 Å². The van der Waals surface area contributed by atoms with Gasteiger partial charge in [0.2, 0.25) is 0 Å². The highest BCUT2D eigenvalue weighted by Gasteiger charge is 2.42. The molecule has 206 valence electrons. The molecule has 1 fully saturated rings. The molecule has 1 unspecified atom stereocenters. The van der Waals surface area contributed by atoms with E-state index in [4.69, 9.17) is 5.11 Å². The third kappa shape index (κ3) is 10.9. The molecule has 1 aromatic carbocycles. The van der Waals surface area contributed by atoms with E-state index in [-0.39, 0.29) is 10.9 Å². The summed E-state index contributed by atoms with van der Waals surface area (Å²) in [6.45, 7) is 12.8. The molecular formula is C26H40NO9-3. The fraction of sp³-hybridized carbons (Fsp3) is 0.654. The van der Waals surface area contributed by atoms with Crippen molar-refractivity contribution in [3.63, 3.8) is 0 Å². The molecule has 0 aliphatic carbocycles. The summed E-state index contributed by atoms with van der Waals surface area (Å²) >= 11 is 0. The van der Waals surface area contributed by atoms with E-state index in [0.717, 1.165) is 6.54 Å². The van der Waals surface area contributed by atoms with Gasteiger partial charge in [0, 0.05) is 36.7 Å². The maximum absolute atomic E-state index is 10.1. The van der Waals surface area contributed by atoms with Crippen LogP contribution in [-0.2, 0) is 19.8 Å². The van der Waals surface area contributed by atoms with Gasteiger partial charge < -0.3 is 50.3 Å². The van der Waals surface area contributed by atoms with E-state index in [9.17, 15) is 34.8 Å². The number of unbranched alkanes of at least 4 members (excludes halogenated alkanes) is 2. The summed E-state index contributed by atoms with van der Waals surface area (Å²) in [6, 6.07) is 7.97. The fourth-order valence-electron chi connectivity index (χ4n) is 4.75. The Bertz CT molecular complexity index is 849. The fourth-order valence-corrected chi connectivity index (χ4v) is 4.75. The summed E-state index contributed by atoms with van der Waals surface area (Å²) < 4.78 is 0. The first-order valence-corrected chi connectivity index (χ1v) is 12.0. The van der Waals surface area contributed by atoms with Crippen LogP contribution in [0.3, 0.4) is 0 Å². The number of carboxylic acid groups (broad SMARTS) is 3. The van der Waals surface area contributed by atoms with Crippen molar-refractivity contribution in [2.45, 2.75) is 83.7 Å². The standard InChI is InChI=1S/C20H33NO.C6H8O7.H2O/c1-5-6-7-12-21-13-11-20(16-21,15-19(2,3)4)17-9-8-10-18(22)14-17;7-3(8)1-6(13,5(11)12)2-4(9)10;/h8-10,14,22H,5-7,11-13,15-16H2,1-4H3;13H,1-2H2,(H,7,8)(H,9,10)(H,11,12);1H2/p-3. The Kier molecular flexibility index (Phi) is 13.1. The Labute approximate surface area is 212 Å². The van der Waals surface area contributed by atoms with E-state index in [1.165, 1.54) is 50.8 Å². The van der Waals surface area contributed by atoms with Crippen LogP contribution >= 0.6 is 0 Å². The quantitative estimate of drug-likeness (QED) is 0.347. The second kappa shape index (κ2) is 14.2. The number of hydrogen-bond donors (Lipinski definition) is 2. The second-order valence-corrected chi connectivity index (χ2v) is 10.7. The molecule has 1 aromatic rings. The summed E-state index contributed by atoms with van der Waals surface area (Å²) in [4.78, 5) is 32.6. The van der Waals surface area contributed by atoms with Gasteiger partial charge in [-0.1, -0.05) is 52.7 Å². The summed E-state index contributed by atoms with van der Waals surface area (Å²) in [5, 5.41) is 48.8. The molecule has 1 saturated heterocycles. The van der Waals surface area contributed by atoms with E-state index in [0.29, 0.717) is 11.2 Å². The molecule has 10 heteroatoms. The van der Waals surface area contributed by atoms with Crippen molar-refractivity contribution in [3.05, 3.63) is 29.8 Å². The first kappa shape index (κ1) is 33.3. The predicted octanol–water partition coefficient (Wildman–Crippen LogP) is -1.12. The van der Waals surface area contributed by atoms with Gasteiger partial charge in [0.25, 0.3) is 0 Å². The van der Waals surface area contributed by atoms with Gasteiger partial charge in [-0.05, 0) is 55.5 Å². The Balaban J connectivity index is 0.000000758. The summed E-state index contributed by atoms with van der Waals surface area (Å²) in [7, 11) is 0. The molecule has 1 aliphatic rings. The van der Waals surface area contributed by atoms with Crippen LogP contribution in [0.2, 0.25) is 0 Å². The number of likely N-dealkylation sites (tertiary alicyclic amines) is 1. The van der Waals surface area contributed by atoms with Crippen LogP contribution < -0.4 is 15.3 Å². The Hall–Kier alpha value is -2.69. The van der Waals surface area contributed by atoms with Crippen molar-refractivity contribution < 1.29 is 45.4 Å². The zero-order valence-corrected chi connectivity index (χ0v) is 21.7. The number of phenols is 1. The van der Waals surface area contributed by atoms with E-state index in [2.05, 4.69) is 38.7 Å². The lowest BCUT2D eigenvalue weighted by Crippen LogP contribution is -2.54. The van der Waals surface area contributed by atoms with Crippen molar-refractivity contribution in [1.82, 2.24) is 4.90 Å². The SMILES string of the molecule is CCCCCN1CCC(CC(C)(C)C)(c2cccc(O)c2)C1.O.O=C([O-])CC(O)(CC(=O)[O-])C(=O)[O-]. The number of aliphatic hydroxyl groups is 1. The van der Waals surface area contributed by atoms with Gasteiger partial charge in [-0.2, -0.15) is 0 Å². The number of rotatable bonds is 11. The lowest BCUT2D eigenvalue weighted by molar-refractivity contribution is -0.339. The average Bonchev–Trinajstić information content (AvgIpc) is 3.09. The van der Waals surface area contributed by atoms with Gasteiger partial charge in [0.05, 0.1) is 5.97 Å². The first-order chi connectivity index (χ1) is 16.1. The monoisotopic (exact) mass is 510 g/mol. The summed E-state index contributed by atoms with van der Waals surface area (Å²) in [6.07, 6.45) is 3.59. The third-order valence-corrected chi connectivity index (χ3v) is 6.09. The summed E-state index contributed by atoms with van der Waals surface area (Å²) in [5.41, 5.74) is -1.16. The Morgan fingerprint density at radius 3 is 2.08 bits per heavy atom. The minimum atomic E-state index is -2.97. The molecule has 36 heavy (non-hydrogen) atoms. The molecular weight excluding hydrogens is 470 g/mol. The van der Waals surface area contributed by atoms with Gasteiger partial charge in [0.15, 0.2) is 0 Å². The molecule has 0 saturated carbocycles. The molecule has 2 rings (SSSR count). The third-order valence-electron chi connectivity index (χ3n) is 6.09. The molecule has 1 aliphatic heterocycles. The lowest BCUT2D eigenvalue weighted by Gasteiger charge is -2.36. The van der Waals surface area contributed by atoms with Crippen molar-refractivity contribution in [2.75, 3.05) is 19.6 Å². The molecule has 0 aromatic heterocycles. The van der Waals surface area contributed by atoms with Gasteiger partial charge in [-0.3, -0.25) is 0 Å². The molecule has 1 atom stereocenters. The molecule has 10 nitrogen and oxygen atoms in total. The van der Waals surface area contributed by atoms with Crippen LogP contribution in [0.5, 0.6) is 5.75 Å². The Morgan fingerprint density at radius 2 is 1.64 bits per heavy atom. The van der Waals surface area contributed by atoms with Crippen molar-refractivity contribution in [3.8, 4) is 5.75 Å². The van der Waals surface area contributed by atoms with E-state index < -0.39 is 36.4 Å². The Morgan fingerprint density at radius 1 is 1.06 bits per heavy atom. The predicted molar refractivity (Wildman–Crippen MR) is 127 cm³/mol. The highest BCUT2D eigenvalue weighted by Crippen LogP contribution is 2.44. The molecule has 0 amide bonds. The number of nitrogens with zero attached hydrogens (tertiary/aromatic N) is 1. The number of benzene rings is 1. The van der Waals surface area contributed by atoms with Crippen LogP contribution in [-0.4, -0.2) is 63.7 Å². The maximum atomic E-state index is 10.1. The van der Waals surface area contributed by atoms with Crippen molar-refractivity contribution in [2.24, 2.45) is 5.41 Å². The number of aliphatic carboxylic acids is 3. The van der Waals surface area contributed by atoms with E-state index >= 15 is 0 Å². The maximum Gasteiger partial charge on any atom is 0.115 e. The van der Waals surface area contributed by atoms with E-state index in [1.54, 1.807) is 6.07 Å². The zero-order chi connectivity index (χ0) is 26.9. The normalized spacial score (nSPS) is 18.0. The number of hydrogen-bond acceptors (Lipinski definition) is 9. The number of carboxylic acids is 3. The highest BCUT2D eigenvalue weighted by molar-refractivity contribution is 5.86. The number of phenolic OH excluding ortho intramolecular Hbond substituents is 1. The molecule has 0 radical (unpaired) electrons. The highest BCUT2D eigenvalue weighted by atomic mass is 16.4. The number of aromatic hydroxyl groups is 1. The number of carbonyl (C=O) groups excluding carboxylic acids is 3. The van der Waals surface area contributed by atoms with Gasteiger partial charge in [-0.15, -0.1) is 0 Å². The van der Waals surface area contributed by atoms with Crippen LogP contribution in [0.4, 0.5) is 0 Å². The molecule has 0 spiro atoms. The largest absolute Gasteiger partial charge is 0.550 e.